The van der Waals surface area contributed by atoms with Crippen molar-refractivity contribution < 1.29 is 27.2 Å². The molecule has 1 aromatic heterocycles. The largest absolute Gasteiger partial charge is 0.416 e. The molecule has 3 heterocycles. The third-order valence-corrected chi connectivity index (χ3v) is 7.85. The summed E-state index contributed by atoms with van der Waals surface area (Å²) in [6.07, 6.45) is -2.89. The first-order valence-corrected chi connectivity index (χ1v) is 14.3. The maximum Gasteiger partial charge on any atom is 0.416 e. The normalized spacial score (nSPS) is 15.5. The Balaban J connectivity index is 1.14. The minimum absolute atomic E-state index is 0.0878. The highest BCUT2D eigenvalue weighted by Gasteiger charge is 2.31. The van der Waals surface area contributed by atoms with E-state index in [-0.39, 0.29) is 29.0 Å². The van der Waals surface area contributed by atoms with Gasteiger partial charge in [0.05, 0.1) is 22.5 Å². The van der Waals surface area contributed by atoms with Gasteiger partial charge in [0.2, 0.25) is 5.95 Å². The predicted octanol–water partition coefficient (Wildman–Crippen LogP) is 5.59. The smallest absolute Gasteiger partial charge is 0.369 e. The number of piperazine rings is 1. The molecule has 4 aromatic rings. The number of amides is 2. The van der Waals surface area contributed by atoms with Gasteiger partial charge in [-0.25, -0.2) is 14.4 Å². The number of likely N-dealkylation sites (N-methyl/N-ethyl adjacent to an activating group) is 1. The monoisotopic (exact) mass is 619 g/mol. The number of alkyl halides is 3. The first-order valence-electron chi connectivity index (χ1n) is 14.3. The van der Waals surface area contributed by atoms with Gasteiger partial charge in [0.15, 0.2) is 0 Å². The van der Waals surface area contributed by atoms with Gasteiger partial charge in [-0.15, -0.1) is 0 Å². The Morgan fingerprint density at radius 1 is 0.911 bits per heavy atom. The number of benzene rings is 3. The number of hydrogen-bond donors (Lipinski definition) is 2. The van der Waals surface area contributed by atoms with Crippen molar-refractivity contribution in [3.05, 3.63) is 101 Å². The number of halogens is 4. The summed E-state index contributed by atoms with van der Waals surface area (Å²) >= 11 is 0. The van der Waals surface area contributed by atoms with Crippen LogP contribution in [-0.4, -0.2) is 66.5 Å². The number of nitrogens with zero attached hydrogens (tertiary/aromatic N) is 5. The Kier molecular flexibility index (Phi) is 8.11. The van der Waals surface area contributed by atoms with Gasteiger partial charge in [-0.05, 0) is 67.7 Å². The minimum Gasteiger partial charge on any atom is -0.369 e. The fourth-order valence-electron chi connectivity index (χ4n) is 5.33. The van der Waals surface area contributed by atoms with E-state index in [1.165, 1.54) is 29.3 Å². The van der Waals surface area contributed by atoms with Gasteiger partial charge >= 0.3 is 6.18 Å². The number of anilines is 5. The van der Waals surface area contributed by atoms with E-state index in [2.05, 4.69) is 37.4 Å². The molecule has 0 aliphatic carbocycles. The van der Waals surface area contributed by atoms with Gasteiger partial charge in [-0.2, -0.15) is 13.2 Å². The predicted molar refractivity (Wildman–Crippen MR) is 163 cm³/mol. The lowest BCUT2D eigenvalue weighted by atomic mass is 10.1. The van der Waals surface area contributed by atoms with E-state index in [4.69, 9.17) is 0 Å². The molecule has 3 aromatic carbocycles. The Morgan fingerprint density at radius 2 is 1.64 bits per heavy atom. The van der Waals surface area contributed by atoms with Crippen LogP contribution in [0.5, 0.6) is 0 Å². The third kappa shape index (κ3) is 6.58. The highest BCUT2D eigenvalue weighted by molar-refractivity contribution is 6.09. The zero-order valence-corrected chi connectivity index (χ0v) is 24.2. The highest BCUT2D eigenvalue weighted by atomic mass is 19.4. The SMILES string of the molecule is CN1CCN(c2ccc(Nc3ncc4c(n3)CCN(c3cc(NC(=O)c5cccc(C(F)(F)F)c5)ccc3F)C4=O)cc2)CC1. The number of carbonyl (C=O) groups is 2. The molecule has 45 heavy (non-hydrogen) atoms. The second-order valence-electron chi connectivity index (χ2n) is 10.9. The number of carbonyl (C=O) groups excluding carboxylic acids is 2. The van der Waals surface area contributed by atoms with Gasteiger partial charge in [0.25, 0.3) is 11.8 Å². The van der Waals surface area contributed by atoms with Crippen molar-refractivity contribution in [1.82, 2.24) is 14.9 Å². The summed E-state index contributed by atoms with van der Waals surface area (Å²) in [7, 11) is 2.11. The van der Waals surface area contributed by atoms with Crippen LogP contribution in [0.25, 0.3) is 0 Å². The zero-order chi connectivity index (χ0) is 31.7. The highest BCUT2D eigenvalue weighted by Crippen LogP contribution is 2.31. The molecule has 2 aliphatic heterocycles. The van der Waals surface area contributed by atoms with Crippen molar-refractivity contribution in [2.75, 3.05) is 60.2 Å². The van der Waals surface area contributed by atoms with E-state index in [9.17, 15) is 27.2 Å². The van der Waals surface area contributed by atoms with Crippen LogP contribution in [0.4, 0.5) is 46.3 Å². The molecule has 13 heteroatoms. The summed E-state index contributed by atoms with van der Waals surface area (Å²) in [6.45, 7) is 4.06. The van der Waals surface area contributed by atoms with Crippen LogP contribution >= 0.6 is 0 Å². The molecule has 2 aliphatic rings. The molecule has 2 amide bonds. The molecule has 9 nitrogen and oxygen atoms in total. The summed E-state index contributed by atoms with van der Waals surface area (Å²) in [5.74, 6) is -1.70. The van der Waals surface area contributed by atoms with Crippen LogP contribution in [0.1, 0.15) is 32.0 Å². The molecule has 0 bridgehead atoms. The number of fused-ring (bicyclic) bond motifs is 1. The van der Waals surface area contributed by atoms with Crippen molar-refractivity contribution >= 4 is 40.5 Å². The van der Waals surface area contributed by atoms with E-state index < -0.39 is 29.4 Å². The van der Waals surface area contributed by atoms with Crippen molar-refractivity contribution in [3.8, 4) is 0 Å². The minimum atomic E-state index is -4.61. The maximum atomic E-state index is 14.9. The van der Waals surface area contributed by atoms with Crippen molar-refractivity contribution in [3.63, 3.8) is 0 Å². The lowest BCUT2D eigenvalue weighted by Crippen LogP contribution is -2.44. The van der Waals surface area contributed by atoms with Gasteiger partial charge in [-0.3, -0.25) is 9.59 Å². The van der Waals surface area contributed by atoms with Crippen LogP contribution < -0.4 is 20.4 Å². The molecule has 1 fully saturated rings. The molecule has 0 radical (unpaired) electrons. The average molecular weight is 620 g/mol. The van der Waals surface area contributed by atoms with Crippen LogP contribution in [0.15, 0.2) is 72.9 Å². The summed E-state index contributed by atoms with van der Waals surface area (Å²) in [5, 5.41) is 5.66. The molecule has 6 rings (SSSR count). The fourth-order valence-corrected chi connectivity index (χ4v) is 5.33. The maximum absolute atomic E-state index is 14.9. The molecule has 0 spiro atoms. The molecular formula is C32H29F4N7O2. The Bertz CT molecular complexity index is 1740. The lowest BCUT2D eigenvalue weighted by molar-refractivity contribution is -0.137. The Hall–Kier alpha value is -5.04. The molecule has 0 unspecified atom stereocenters. The van der Waals surface area contributed by atoms with E-state index in [0.29, 0.717) is 18.1 Å². The Labute approximate surface area is 256 Å². The van der Waals surface area contributed by atoms with Gasteiger partial charge in [-0.1, -0.05) is 6.07 Å². The second-order valence-corrected chi connectivity index (χ2v) is 10.9. The molecular weight excluding hydrogens is 590 g/mol. The van der Waals surface area contributed by atoms with Gasteiger partial charge in [0.1, 0.15) is 5.82 Å². The van der Waals surface area contributed by atoms with E-state index >= 15 is 0 Å². The van der Waals surface area contributed by atoms with E-state index in [1.54, 1.807) is 0 Å². The summed E-state index contributed by atoms with van der Waals surface area (Å²) in [6, 6.07) is 15.6. The standard InChI is InChI=1S/C32H29F4N7O2/c1-41-13-15-42(16-14-41)24-8-5-22(6-9-24)39-31-37-19-25-27(40-31)11-12-43(30(25)45)28-18-23(7-10-26(28)33)38-29(44)20-3-2-4-21(17-20)32(34,35)36/h2-10,17-19H,11-16H2,1H3,(H,38,44)(H,37,39,40). The molecule has 0 saturated carbocycles. The molecule has 2 N–H and O–H groups in total. The third-order valence-electron chi connectivity index (χ3n) is 7.85. The van der Waals surface area contributed by atoms with Crippen molar-refractivity contribution in [1.29, 1.82) is 0 Å². The zero-order valence-electron chi connectivity index (χ0n) is 24.2. The topological polar surface area (TPSA) is 93.7 Å². The van der Waals surface area contributed by atoms with Gasteiger partial charge < -0.3 is 25.3 Å². The quantitative estimate of drug-likeness (QED) is 0.272. The first kappa shape index (κ1) is 30.0. The summed E-state index contributed by atoms with van der Waals surface area (Å²) in [5.41, 5.74) is 1.50. The fraction of sp³-hybridized carbons (Fsp3) is 0.250. The lowest BCUT2D eigenvalue weighted by Gasteiger charge is -2.34. The Morgan fingerprint density at radius 3 is 2.38 bits per heavy atom. The molecule has 0 atom stereocenters. The molecule has 232 valence electrons. The number of hydrogen-bond acceptors (Lipinski definition) is 7. The van der Waals surface area contributed by atoms with Crippen molar-refractivity contribution in [2.24, 2.45) is 0 Å². The average Bonchev–Trinajstić information content (AvgIpc) is 3.03. The number of aromatic nitrogens is 2. The van der Waals surface area contributed by atoms with Crippen LogP contribution in [0.3, 0.4) is 0 Å². The first-order chi connectivity index (χ1) is 21.5. The second kappa shape index (κ2) is 12.2. The summed E-state index contributed by atoms with van der Waals surface area (Å²) in [4.78, 5) is 40.8. The number of rotatable bonds is 6. The van der Waals surface area contributed by atoms with E-state index in [1.807, 2.05) is 24.3 Å². The number of nitrogens with one attached hydrogen (secondary N) is 2. The molecule has 1 saturated heterocycles. The van der Waals surface area contributed by atoms with Crippen LogP contribution in [-0.2, 0) is 12.6 Å². The summed E-state index contributed by atoms with van der Waals surface area (Å²) < 4.78 is 54.2. The van der Waals surface area contributed by atoms with Crippen LogP contribution in [0, 0.1) is 5.82 Å². The van der Waals surface area contributed by atoms with Gasteiger partial charge in [0, 0.05) is 68.0 Å². The van der Waals surface area contributed by atoms with E-state index in [0.717, 1.165) is 61.8 Å². The van der Waals surface area contributed by atoms with Crippen molar-refractivity contribution in [2.45, 2.75) is 12.6 Å². The van der Waals surface area contributed by atoms with Crippen LogP contribution in [0.2, 0.25) is 0 Å².